The normalized spacial score (nSPS) is 25.8. The van der Waals surface area contributed by atoms with E-state index in [1.54, 1.807) is 19.9 Å². The molecular weight excluding hydrogens is 685 g/mol. The number of aryl methyl sites for hydroxylation is 1. The first-order chi connectivity index (χ1) is 23.2. The Morgan fingerprint density at radius 2 is 1.88 bits per heavy atom. The van der Waals surface area contributed by atoms with Crippen LogP contribution < -0.4 is 10.0 Å². The third kappa shape index (κ3) is 10.4. The molecule has 2 aliphatic rings. The number of aliphatic hydroxyl groups excluding tert-OH is 2. The molecule has 1 aliphatic heterocycles. The van der Waals surface area contributed by atoms with Gasteiger partial charge in [-0.1, -0.05) is 61.6 Å². The Kier molecular flexibility index (Phi) is 14.0. The van der Waals surface area contributed by atoms with E-state index in [0.29, 0.717) is 68.4 Å². The van der Waals surface area contributed by atoms with E-state index in [-0.39, 0.29) is 44.4 Å². The van der Waals surface area contributed by atoms with Gasteiger partial charge < -0.3 is 20.3 Å². The van der Waals surface area contributed by atoms with Crippen LogP contribution in [-0.4, -0.2) is 62.7 Å². The SMILES string of the molecule is CCN[C@@H]1C[C@@H](C)S(=O)(=O)c2sc(S(=O)(=O)NC(=O)CCC/C=C\C[C@@H]3[C@@H](/C=C/[C@@H](O)CCc4ccccc4)[C@H](CC(C)=O)C[C@@H]3O)cc21. The Balaban J connectivity index is 1.29. The van der Waals surface area contributed by atoms with E-state index in [9.17, 15) is 36.6 Å². The van der Waals surface area contributed by atoms with Gasteiger partial charge in [-0.25, -0.2) is 21.6 Å². The summed E-state index contributed by atoms with van der Waals surface area (Å²) in [6, 6.07) is 11.0. The lowest BCUT2D eigenvalue weighted by Gasteiger charge is -2.27. The highest BCUT2D eigenvalue weighted by molar-refractivity contribution is 7.95. The number of thiophene rings is 1. The van der Waals surface area contributed by atoms with Crippen LogP contribution in [0.1, 0.15) is 89.3 Å². The quantitative estimate of drug-likeness (QED) is 0.129. The lowest BCUT2D eigenvalue weighted by molar-refractivity contribution is -0.119. The van der Waals surface area contributed by atoms with Gasteiger partial charge >= 0.3 is 0 Å². The molecule has 0 bridgehead atoms. The summed E-state index contributed by atoms with van der Waals surface area (Å²) in [6.07, 6.45) is 10.3. The van der Waals surface area contributed by atoms with Gasteiger partial charge in [0, 0.05) is 24.4 Å². The second-order valence-electron chi connectivity index (χ2n) is 13.3. The fourth-order valence-electron chi connectivity index (χ4n) is 6.94. The van der Waals surface area contributed by atoms with Gasteiger partial charge in [-0.15, -0.1) is 11.3 Å². The molecule has 0 radical (unpaired) electrons. The molecule has 270 valence electrons. The first-order valence-electron chi connectivity index (χ1n) is 17.1. The number of nitrogens with one attached hydrogen (secondary N) is 2. The number of aliphatic hydroxyl groups is 2. The molecule has 0 spiro atoms. The number of sulfonamides is 1. The Bertz CT molecular complexity index is 1700. The number of rotatable bonds is 17. The van der Waals surface area contributed by atoms with E-state index in [1.807, 2.05) is 55.5 Å². The summed E-state index contributed by atoms with van der Waals surface area (Å²) < 4.78 is 53.8. The molecule has 2 aromatic rings. The van der Waals surface area contributed by atoms with E-state index in [0.717, 1.165) is 12.0 Å². The molecule has 1 amide bonds. The molecular formula is C36H50N2O8S3. The number of amides is 1. The van der Waals surface area contributed by atoms with E-state index in [1.165, 1.54) is 6.07 Å². The summed E-state index contributed by atoms with van der Waals surface area (Å²) in [5, 5.41) is 24.1. The van der Waals surface area contributed by atoms with Gasteiger partial charge in [-0.2, -0.15) is 0 Å². The fraction of sp³-hybridized carbons (Fsp3) is 0.556. The molecule has 4 rings (SSSR count). The number of ketones is 1. The number of Topliss-reactive ketones (excluding diaryl/α,β-unsaturated/α-hetero) is 1. The van der Waals surface area contributed by atoms with Crippen molar-refractivity contribution in [2.75, 3.05) is 6.54 Å². The van der Waals surface area contributed by atoms with Gasteiger partial charge in [-0.3, -0.25) is 4.79 Å². The summed E-state index contributed by atoms with van der Waals surface area (Å²) in [6.45, 7) is 5.66. The lowest BCUT2D eigenvalue weighted by Crippen LogP contribution is -2.33. The summed E-state index contributed by atoms with van der Waals surface area (Å²) >= 11 is 0.682. The smallest absolute Gasteiger partial charge is 0.273 e. The molecule has 4 N–H and O–H groups in total. The second kappa shape index (κ2) is 17.5. The number of hydrogen-bond acceptors (Lipinski definition) is 10. The average molecular weight is 735 g/mol. The molecule has 1 aromatic heterocycles. The van der Waals surface area contributed by atoms with E-state index in [2.05, 4.69) is 10.0 Å². The highest BCUT2D eigenvalue weighted by atomic mass is 32.3. The average Bonchev–Trinajstić information content (AvgIpc) is 3.62. The summed E-state index contributed by atoms with van der Waals surface area (Å²) in [5.41, 5.74) is 1.58. The van der Waals surface area contributed by atoms with Gasteiger partial charge in [0.25, 0.3) is 10.0 Å². The van der Waals surface area contributed by atoms with Gasteiger partial charge in [0.05, 0.1) is 17.5 Å². The number of carbonyl (C=O) groups is 2. The number of hydrogen-bond donors (Lipinski definition) is 4. The van der Waals surface area contributed by atoms with Crippen LogP contribution >= 0.6 is 11.3 Å². The highest BCUT2D eigenvalue weighted by Crippen LogP contribution is 2.44. The topological polar surface area (TPSA) is 167 Å². The van der Waals surface area contributed by atoms with Crippen LogP contribution in [0.3, 0.4) is 0 Å². The minimum absolute atomic E-state index is 0.0136. The maximum Gasteiger partial charge on any atom is 0.273 e. The van der Waals surface area contributed by atoms with Crippen molar-refractivity contribution in [2.24, 2.45) is 17.8 Å². The maximum absolute atomic E-state index is 13.0. The van der Waals surface area contributed by atoms with Crippen molar-refractivity contribution >= 4 is 42.9 Å². The molecule has 10 nitrogen and oxygen atoms in total. The summed E-state index contributed by atoms with van der Waals surface area (Å²) in [7, 11) is -7.90. The molecule has 0 saturated heterocycles. The van der Waals surface area contributed by atoms with Gasteiger partial charge in [-0.05, 0) is 94.7 Å². The second-order valence-corrected chi connectivity index (χ2v) is 18.8. The molecule has 2 heterocycles. The van der Waals surface area contributed by atoms with Gasteiger partial charge in [0.1, 0.15) is 14.2 Å². The molecule has 0 unspecified atom stereocenters. The van der Waals surface area contributed by atoms with Gasteiger partial charge in [0.2, 0.25) is 5.91 Å². The van der Waals surface area contributed by atoms with Crippen LogP contribution in [0.25, 0.3) is 0 Å². The standard InChI is InChI=1S/C36H50N2O8S3/c1-4-37-32-21-25(3)48(43,44)36-31(32)23-35(47-36)49(45,46)38-34(42)15-11-6-5-10-14-30-29(27(20-24(2)39)22-33(30)41)19-18-28(40)17-16-26-12-8-7-9-13-26/h5,7-10,12-13,18-19,23,25,27-30,32-33,37,40-41H,4,6,11,14-17,20-22H2,1-3H3,(H,38,42)/b10-5-,19-18+/t25-,27-,28+,29+,30-,32-,33+/m1/s1. The summed E-state index contributed by atoms with van der Waals surface area (Å²) in [4.78, 5) is 24.6. The monoisotopic (exact) mass is 734 g/mol. The molecule has 1 aromatic carbocycles. The van der Waals surface area contributed by atoms with E-state index in [4.69, 9.17) is 0 Å². The Morgan fingerprint density at radius 1 is 1.14 bits per heavy atom. The molecule has 1 fully saturated rings. The van der Waals surface area contributed by atoms with Crippen LogP contribution in [0.15, 0.2) is 69.1 Å². The van der Waals surface area contributed by atoms with Crippen molar-refractivity contribution in [1.82, 2.24) is 10.0 Å². The van der Waals surface area contributed by atoms with Crippen molar-refractivity contribution in [3.8, 4) is 0 Å². The van der Waals surface area contributed by atoms with Crippen molar-refractivity contribution in [3.63, 3.8) is 0 Å². The van der Waals surface area contributed by atoms with Crippen LogP contribution in [0, 0.1) is 17.8 Å². The molecule has 13 heteroatoms. The van der Waals surface area contributed by atoms with Crippen LogP contribution in [0.2, 0.25) is 0 Å². The lowest BCUT2D eigenvalue weighted by atomic mass is 9.84. The largest absolute Gasteiger partial charge is 0.393 e. The zero-order valence-corrected chi connectivity index (χ0v) is 30.9. The van der Waals surface area contributed by atoms with Crippen molar-refractivity contribution in [3.05, 3.63) is 71.8 Å². The first-order valence-corrected chi connectivity index (χ1v) is 21.0. The third-order valence-corrected chi connectivity index (χ3v) is 15.2. The predicted octanol–water partition coefficient (Wildman–Crippen LogP) is 5.03. The van der Waals surface area contributed by atoms with Crippen molar-refractivity contribution in [1.29, 1.82) is 0 Å². The van der Waals surface area contributed by atoms with E-state index >= 15 is 0 Å². The number of fused-ring (bicyclic) bond motifs is 1. The minimum Gasteiger partial charge on any atom is -0.393 e. The maximum atomic E-state index is 13.0. The Morgan fingerprint density at radius 3 is 2.57 bits per heavy atom. The third-order valence-electron chi connectivity index (χ3n) is 9.50. The summed E-state index contributed by atoms with van der Waals surface area (Å²) in [5.74, 6) is -0.816. The number of allylic oxidation sites excluding steroid dienone is 3. The highest BCUT2D eigenvalue weighted by Gasteiger charge is 2.41. The number of benzene rings is 1. The van der Waals surface area contributed by atoms with Crippen LogP contribution in [-0.2, 0) is 35.9 Å². The van der Waals surface area contributed by atoms with Crippen LogP contribution in [0.4, 0.5) is 0 Å². The number of carbonyl (C=O) groups excluding carboxylic acids is 2. The van der Waals surface area contributed by atoms with E-state index < -0.39 is 43.2 Å². The van der Waals surface area contributed by atoms with Crippen molar-refractivity contribution < 1.29 is 36.6 Å². The Hall–Kier alpha value is -2.68. The fourth-order valence-corrected chi connectivity index (χ4v) is 11.9. The number of sulfone groups is 1. The zero-order chi connectivity index (χ0) is 35.8. The number of unbranched alkanes of at least 4 members (excludes halogenated alkanes) is 1. The molecule has 49 heavy (non-hydrogen) atoms. The molecule has 7 atom stereocenters. The minimum atomic E-state index is -4.24. The molecule has 1 saturated carbocycles. The Labute approximate surface area is 295 Å². The first kappa shape index (κ1) is 39.1. The van der Waals surface area contributed by atoms with Crippen LogP contribution in [0.5, 0.6) is 0 Å². The zero-order valence-electron chi connectivity index (χ0n) is 28.5. The van der Waals surface area contributed by atoms with Crippen molar-refractivity contribution in [2.45, 2.75) is 110 Å². The van der Waals surface area contributed by atoms with Gasteiger partial charge in [0.15, 0.2) is 9.84 Å². The predicted molar refractivity (Wildman–Crippen MR) is 191 cm³/mol. The molecule has 1 aliphatic carbocycles.